The van der Waals surface area contributed by atoms with E-state index < -0.39 is 0 Å². The number of unbranched alkanes of at least 4 members (excludes halogenated alkanes) is 5. The van der Waals surface area contributed by atoms with Gasteiger partial charge in [-0.3, -0.25) is 0 Å². The van der Waals surface area contributed by atoms with Crippen molar-refractivity contribution < 1.29 is 10.2 Å². The Morgan fingerprint density at radius 2 is 1.10 bits per heavy atom. The van der Waals surface area contributed by atoms with Crippen LogP contribution in [-0.2, 0) is 0 Å². The fourth-order valence-electron chi connectivity index (χ4n) is 0.825. The van der Waals surface area contributed by atoms with Crippen LogP contribution in [0.2, 0.25) is 0 Å². The first-order chi connectivity index (χ1) is 4.91. The van der Waals surface area contributed by atoms with Crippen molar-refractivity contribution in [2.45, 2.75) is 38.5 Å². The predicted octanol–water partition coefficient (Wildman–Crippen LogP) is 2.40. The number of hydrogen-bond acceptors (Lipinski definition) is 2. The highest BCUT2D eigenvalue weighted by molar-refractivity contribution is 4.51. The Morgan fingerprint density at radius 3 is 1.40 bits per heavy atom. The quantitative estimate of drug-likeness (QED) is 0.538. The fourth-order valence-corrected chi connectivity index (χ4v) is 0.825. The first-order valence-electron chi connectivity index (χ1n) is 3.83. The molecule has 0 saturated heterocycles. The highest BCUT2D eigenvalue weighted by atomic mass is 16.3. The Morgan fingerprint density at radius 1 is 0.700 bits per heavy atom. The molecule has 0 atom stereocenters. The topological polar surface area (TPSA) is 40.5 Å². The van der Waals surface area contributed by atoms with Crippen LogP contribution in [0.3, 0.4) is 0 Å². The molecule has 0 spiro atoms. The number of aliphatic hydroxyl groups excluding tert-OH is 2. The molecule has 0 saturated carbocycles. The molecule has 60 valence electrons. The highest BCUT2D eigenvalue weighted by Crippen LogP contribution is 2.05. The van der Waals surface area contributed by atoms with Crippen LogP contribution in [0.15, 0.2) is 0 Å². The molecule has 0 aromatic heterocycles. The molecule has 0 aromatic carbocycles. The zero-order valence-electron chi connectivity index (χ0n) is 6.29. The molecule has 0 unspecified atom stereocenters. The average Bonchev–Trinajstić information content (AvgIpc) is 1.97. The first kappa shape index (κ1) is 9.92. The molecule has 0 fully saturated rings. The molecule has 0 aliphatic rings. The maximum absolute atomic E-state index is 8.30. The van der Waals surface area contributed by atoms with Gasteiger partial charge in [-0.15, -0.1) is 0 Å². The second-order valence-corrected chi connectivity index (χ2v) is 2.36. The molecule has 0 aromatic rings. The Bertz CT molecular complexity index is 47.2. The summed E-state index contributed by atoms with van der Waals surface area (Å²) in [5.74, 6) is 0. The zero-order valence-corrected chi connectivity index (χ0v) is 6.29. The van der Waals surface area contributed by atoms with Crippen molar-refractivity contribution in [3.63, 3.8) is 0 Å². The zero-order chi connectivity index (χ0) is 7.66. The van der Waals surface area contributed by atoms with E-state index in [0.29, 0.717) is 0 Å². The SMILES string of the molecule is O[CH]CCCCCC[CH]O. The van der Waals surface area contributed by atoms with Crippen molar-refractivity contribution in [2.75, 3.05) is 0 Å². The summed E-state index contributed by atoms with van der Waals surface area (Å²) in [6.07, 6.45) is 5.99. The molecular weight excluding hydrogens is 128 g/mol. The summed E-state index contributed by atoms with van der Waals surface area (Å²) in [6, 6.07) is 0. The lowest BCUT2D eigenvalue weighted by molar-refractivity contribution is 0.358. The summed E-state index contributed by atoms with van der Waals surface area (Å²) >= 11 is 0. The summed E-state index contributed by atoms with van der Waals surface area (Å²) in [5.41, 5.74) is 0. The lowest BCUT2D eigenvalue weighted by Gasteiger charge is -1.96. The van der Waals surface area contributed by atoms with E-state index in [1.165, 1.54) is 13.2 Å². The molecule has 0 aliphatic carbocycles. The summed E-state index contributed by atoms with van der Waals surface area (Å²) in [5, 5.41) is 16.6. The second kappa shape index (κ2) is 8.92. The molecule has 10 heavy (non-hydrogen) atoms. The lowest BCUT2D eigenvalue weighted by atomic mass is 10.1. The van der Waals surface area contributed by atoms with Crippen molar-refractivity contribution in [3.8, 4) is 0 Å². The standard InChI is InChI=1S/C8H16O2/c9-7-5-3-1-2-4-6-8-10/h7-10H,1-6H2. The van der Waals surface area contributed by atoms with Crippen LogP contribution in [0.4, 0.5) is 0 Å². The van der Waals surface area contributed by atoms with Gasteiger partial charge in [0.1, 0.15) is 0 Å². The second-order valence-electron chi connectivity index (χ2n) is 2.36. The number of hydrogen-bond donors (Lipinski definition) is 2. The summed E-state index contributed by atoms with van der Waals surface area (Å²) < 4.78 is 0. The number of rotatable bonds is 7. The summed E-state index contributed by atoms with van der Waals surface area (Å²) in [6.45, 7) is 2.41. The Balaban J connectivity index is 2.65. The van der Waals surface area contributed by atoms with E-state index in [9.17, 15) is 0 Å². The third-order valence-electron chi connectivity index (χ3n) is 1.42. The van der Waals surface area contributed by atoms with Gasteiger partial charge < -0.3 is 10.2 Å². The van der Waals surface area contributed by atoms with E-state index in [-0.39, 0.29) is 0 Å². The van der Waals surface area contributed by atoms with Gasteiger partial charge in [-0.2, -0.15) is 0 Å². The minimum atomic E-state index is 0.794. The normalized spacial score (nSPS) is 10.2. The van der Waals surface area contributed by atoms with E-state index in [4.69, 9.17) is 10.2 Å². The highest BCUT2D eigenvalue weighted by Gasteiger charge is 1.88. The lowest BCUT2D eigenvalue weighted by Crippen LogP contribution is -1.80. The van der Waals surface area contributed by atoms with Gasteiger partial charge in [-0.1, -0.05) is 25.7 Å². The van der Waals surface area contributed by atoms with E-state index >= 15 is 0 Å². The van der Waals surface area contributed by atoms with E-state index in [2.05, 4.69) is 0 Å². The van der Waals surface area contributed by atoms with Gasteiger partial charge in [0.2, 0.25) is 0 Å². The van der Waals surface area contributed by atoms with Crippen molar-refractivity contribution in [2.24, 2.45) is 0 Å². The van der Waals surface area contributed by atoms with Gasteiger partial charge in [-0.05, 0) is 12.8 Å². The molecule has 2 N–H and O–H groups in total. The van der Waals surface area contributed by atoms with Gasteiger partial charge >= 0.3 is 0 Å². The maximum Gasteiger partial charge on any atom is 0.0799 e. The van der Waals surface area contributed by atoms with Crippen molar-refractivity contribution in [1.82, 2.24) is 0 Å². The van der Waals surface area contributed by atoms with Crippen LogP contribution in [0.25, 0.3) is 0 Å². The van der Waals surface area contributed by atoms with Gasteiger partial charge in [0, 0.05) is 0 Å². The third kappa shape index (κ3) is 7.92. The minimum absolute atomic E-state index is 0.794. The van der Waals surface area contributed by atoms with Crippen LogP contribution >= 0.6 is 0 Å². The Hall–Kier alpha value is -0.0800. The largest absolute Gasteiger partial charge is 0.390 e. The number of aliphatic hydroxyl groups is 2. The first-order valence-corrected chi connectivity index (χ1v) is 3.83. The third-order valence-corrected chi connectivity index (χ3v) is 1.42. The van der Waals surface area contributed by atoms with E-state index in [0.717, 1.165) is 38.5 Å². The summed E-state index contributed by atoms with van der Waals surface area (Å²) in [4.78, 5) is 0. The molecule has 0 amide bonds. The average molecular weight is 144 g/mol. The molecule has 2 radical (unpaired) electrons. The van der Waals surface area contributed by atoms with Gasteiger partial charge in [0.05, 0.1) is 13.2 Å². The van der Waals surface area contributed by atoms with Crippen LogP contribution in [-0.4, -0.2) is 10.2 Å². The minimum Gasteiger partial charge on any atom is -0.390 e. The van der Waals surface area contributed by atoms with Crippen LogP contribution in [0.1, 0.15) is 38.5 Å². The molecule has 0 rings (SSSR count). The summed E-state index contributed by atoms with van der Waals surface area (Å²) in [7, 11) is 0. The van der Waals surface area contributed by atoms with E-state index in [1.807, 2.05) is 0 Å². The predicted molar refractivity (Wildman–Crippen MR) is 40.2 cm³/mol. The van der Waals surface area contributed by atoms with Crippen molar-refractivity contribution in [3.05, 3.63) is 13.2 Å². The molecule has 0 aliphatic heterocycles. The molecule has 0 bridgehead atoms. The van der Waals surface area contributed by atoms with Crippen LogP contribution < -0.4 is 0 Å². The van der Waals surface area contributed by atoms with Crippen molar-refractivity contribution >= 4 is 0 Å². The maximum atomic E-state index is 8.30. The Kier molecular flexibility index (Phi) is 8.85. The van der Waals surface area contributed by atoms with Gasteiger partial charge in [0.25, 0.3) is 0 Å². The fraction of sp³-hybridized carbons (Fsp3) is 0.750. The van der Waals surface area contributed by atoms with E-state index in [1.54, 1.807) is 0 Å². The smallest absolute Gasteiger partial charge is 0.0799 e. The van der Waals surface area contributed by atoms with Crippen LogP contribution in [0.5, 0.6) is 0 Å². The van der Waals surface area contributed by atoms with Crippen LogP contribution in [0, 0.1) is 13.2 Å². The molecule has 0 heterocycles. The van der Waals surface area contributed by atoms with Crippen molar-refractivity contribution in [1.29, 1.82) is 0 Å². The molecular formula is C8H16O2. The molecule has 2 heteroatoms. The van der Waals surface area contributed by atoms with Gasteiger partial charge in [0.15, 0.2) is 0 Å². The molecule has 2 nitrogen and oxygen atoms in total. The monoisotopic (exact) mass is 144 g/mol. The van der Waals surface area contributed by atoms with Gasteiger partial charge in [-0.25, -0.2) is 0 Å². The Labute approximate surface area is 62.9 Å².